The molecule has 1 aromatic carbocycles. The van der Waals surface area contributed by atoms with Crippen LogP contribution in [-0.4, -0.2) is 39.1 Å². The van der Waals surface area contributed by atoms with Gasteiger partial charge >= 0.3 is 0 Å². The van der Waals surface area contributed by atoms with E-state index in [-0.39, 0.29) is 18.2 Å². The topological polar surface area (TPSA) is 67.9 Å². The number of nitrogens with one attached hydrogen (secondary N) is 1. The van der Waals surface area contributed by atoms with Crippen molar-refractivity contribution in [1.82, 2.24) is 5.32 Å². The van der Waals surface area contributed by atoms with Gasteiger partial charge in [-0.05, 0) is 18.6 Å². The molecule has 0 saturated heterocycles. The van der Waals surface area contributed by atoms with E-state index in [9.17, 15) is 9.59 Å². The van der Waals surface area contributed by atoms with E-state index in [1.54, 1.807) is 37.3 Å². The number of benzene rings is 1. The molecule has 0 aliphatic carbocycles. The van der Waals surface area contributed by atoms with Gasteiger partial charge in [0.25, 0.3) is 0 Å². The maximum Gasteiger partial charge on any atom is 0.223 e. The van der Waals surface area contributed by atoms with Crippen LogP contribution in [0.15, 0.2) is 18.2 Å². The van der Waals surface area contributed by atoms with Gasteiger partial charge in [0.2, 0.25) is 11.8 Å². The van der Waals surface area contributed by atoms with Crippen molar-refractivity contribution in [3.63, 3.8) is 0 Å². The molecule has 0 aliphatic heterocycles. The highest BCUT2D eigenvalue weighted by Crippen LogP contribution is 2.31. The predicted molar refractivity (Wildman–Crippen MR) is 90.1 cm³/mol. The molecule has 0 heterocycles. The van der Waals surface area contributed by atoms with E-state index in [0.29, 0.717) is 30.3 Å². The highest BCUT2D eigenvalue weighted by Gasteiger charge is 2.15. The minimum Gasteiger partial charge on any atom is -0.493 e. The Hall–Kier alpha value is -2.24. The van der Waals surface area contributed by atoms with Crippen molar-refractivity contribution in [2.75, 3.05) is 32.2 Å². The summed E-state index contributed by atoms with van der Waals surface area (Å²) in [6.45, 7) is 4.54. The van der Waals surface area contributed by atoms with Gasteiger partial charge in [0.1, 0.15) is 0 Å². The minimum absolute atomic E-state index is 0.0508. The summed E-state index contributed by atoms with van der Waals surface area (Å²) in [4.78, 5) is 25.3. The number of nitrogens with zero attached hydrogens (tertiary/aromatic N) is 1. The van der Waals surface area contributed by atoms with Gasteiger partial charge in [0.15, 0.2) is 11.5 Å². The van der Waals surface area contributed by atoms with E-state index in [0.717, 1.165) is 12.8 Å². The van der Waals surface area contributed by atoms with Gasteiger partial charge in [-0.3, -0.25) is 9.59 Å². The Kier molecular flexibility index (Phi) is 7.94. The molecular formula is C17H26N2O4. The summed E-state index contributed by atoms with van der Waals surface area (Å²) in [5.41, 5.74) is 0.677. The number of ether oxygens (including phenoxy) is 2. The number of anilines is 1. The van der Waals surface area contributed by atoms with Crippen LogP contribution in [0.4, 0.5) is 5.69 Å². The van der Waals surface area contributed by atoms with Crippen molar-refractivity contribution >= 4 is 17.5 Å². The van der Waals surface area contributed by atoms with Crippen LogP contribution in [0.3, 0.4) is 0 Å². The first kappa shape index (κ1) is 18.8. The first-order valence-electron chi connectivity index (χ1n) is 7.80. The number of hydrogen-bond donors (Lipinski definition) is 1. The third-order valence-corrected chi connectivity index (χ3v) is 3.47. The Balaban J connectivity index is 2.75. The van der Waals surface area contributed by atoms with Crippen LogP contribution in [0.5, 0.6) is 11.5 Å². The van der Waals surface area contributed by atoms with Crippen LogP contribution >= 0.6 is 0 Å². The maximum absolute atomic E-state index is 11.9. The van der Waals surface area contributed by atoms with Crippen LogP contribution in [0.2, 0.25) is 0 Å². The molecule has 2 amide bonds. The van der Waals surface area contributed by atoms with Gasteiger partial charge in [-0.1, -0.05) is 13.3 Å². The summed E-state index contributed by atoms with van der Waals surface area (Å²) in [5.74, 6) is 0.962. The molecule has 1 N–H and O–H groups in total. The smallest absolute Gasteiger partial charge is 0.223 e. The van der Waals surface area contributed by atoms with Crippen molar-refractivity contribution in [2.24, 2.45) is 0 Å². The number of hydrogen-bond acceptors (Lipinski definition) is 4. The fourth-order valence-electron chi connectivity index (χ4n) is 2.17. The highest BCUT2D eigenvalue weighted by atomic mass is 16.5. The molecule has 0 bridgehead atoms. The summed E-state index contributed by atoms with van der Waals surface area (Å²) in [6, 6.07) is 5.25. The molecule has 23 heavy (non-hydrogen) atoms. The SMILES string of the molecule is CCCCNC(=O)CCN(C(C)=O)c1ccc(OC)c(OC)c1. The Morgan fingerprint density at radius 2 is 1.87 bits per heavy atom. The average Bonchev–Trinajstić information content (AvgIpc) is 2.54. The van der Waals surface area contributed by atoms with E-state index in [1.165, 1.54) is 6.92 Å². The standard InChI is InChI=1S/C17H26N2O4/c1-5-6-10-18-17(21)9-11-19(13(2)20)14-7-8-15(22-3)16(12-14)23-4/h7-8,12H,5-6,9-11H2,1-4H3,(H,18,21). The van der Waals surface area contributed by atoms with Crippen molar-refractivity contribution in [1.29, 1.82) is 0 Å². The molecule has 6 nitrogen and oxygen atoms in total. The molecule has 0 atom stereocenters. The van der Waals surface area contributed by atoms with Gasteiger partial charge in [0.05, 0.1) is 14.2 Å². The lowest BCUT2D eigenvalue weighted by Crippen LogP contribution is -2.34. The molecule has 0 aliphatic rings. The van der Waals surface area contributed by atoms with Crippen LogP contribution in [0.25, 0.3) is 0 Å². The lowest BCUT2D eigenvalue weighted by atomic mass is 10.2. The summed E-state index contributed by atoms with van der Waals surface area (Å²) in [7, 11) is 3.10. The molecule has 6 heteroatoms. The summed E-state index contributed by atoms with van der Waals surface area (Å²) in [5, 5.41) is 2.85. The Labute approximate surface area is 137 Å². The van der Waals surface area contributed by atoms with Crippen molar-refractivity contribution in [2.45, 2.75) is 33.1 Å². The van der Waals surface area contributed by atoms with Gasteiger partial charge in [-0.25, -0.2) is 0 Å². The molecule has 0 fully saturated rings. The number of rotatable bonds is 9. The third kappa shape index (κ3) is 5.81. The van der Waals surface area contributed by atoms with E-state index < -0.39 is 0 Å². The number of unbranched alkanes of at least 4 members (excludes halogenated alkanes) is 1. The second-order valence-corrected chi connectivity index (χ2v) is 5.16. The zero-order chi connectivity index (χ0) is 17.2. The molecule has 0 spiro atoms. The number of methoxy groups -OCH3 is 2. The van der Waals surface area contributed by atoms with Crippen LogP contribution in [0.1, 0.15) is 33.1 Å². The Morgan fingerprint density at radius 1 is 1.17 bits per heavy atom. The van der Waals surface area contributed by atoms with Crippen LogP contribution < -0.4 is 19.7 Å². The lowest BCUT2D eigenvalue weighted by Gasteiger charge is -2.22. The van der Waals surface area contributed by atoms with Gasteiger partial charge in [0, 0.05) is 38.2 Å². The predicted octanol–water partition coefficient (Wildman–Crippen LogP) is 2.36. The number of carbonyl (C=O) groups is 2. The quantitative estimate of drug-likeness (QED) is 0.709. The van der Waals surface area contributed by atoms with Crippen LogP contribution in [0, 0.1) is 0 Å². The van der Waals surface area contributed by atoms with E-state index in [1.807, 2.05) is 0 Å². The molecule has 0 radical (unpaired) electrons. The van der Waals surface area contributed by atoms with E-state index >= 15 is 0 Å². The fourth-order valence-corrected chi connectivity index (χ4v) is 2.17. The van der Waals surface area contributed by atoms with Gasteiger partial charge < -0.3 is 19.7 Å². The second kappa shape index (κ2) is 9.71. The summed E-state index contributed by atoms with van der Waals surface area (Å²) < 4.78 is 10.4. The molecular weight excluding hydrogens is 296 g/mol. The maximum atomic E-state index is 11.9. The van der Waals surface area contributed by atoms with Gasteiger partial charge in [-0.2, -0.15) is 0 Å². The molecule has 0 unspecified atom stereocenters. The second-order valence-electron chi connectivity index (χ2n) is 5.16. The van der Waals surface area contributed by atoms with Crippen molar-refractivity contribution < 1.29 is 19.1 Å². The molecule has 1 aromatic rings. The minimum atomic E-state index is -0.126. The zero-order valence-corrected chi connectivity index (χ0v) is 14.3. The monoisotopic (exact) mass is 322 g/mol. The first-order chi connectivity index (χ1) is 11.0. The fraction of sp³-hybridized carbons (Fsp3) is 0.529. The highest BCUT2D eigenvalue weighted by molar-refractivity contribution is 5.92. The zero-order valence-electron chi connectivity index (χ0n) is 14.3. The Morgan fingerprint density at radius 3 is 2.43 bits per heavy atom. The molecule has 1 rings (SSSR count). The lowest BCUT2D eigenvalue weighted by molar-refractivity contribution is -0.121. The number of amides is 2. The summed E-state index contributed by atoms with van der Waals surface area (Å²) >= 11 is 0. The van der Waals surface area contributed by atoms with Gasteiger partial charge in [-0.15, -0.1) is 0 Å². The van der Waals surface area contributed by atoms with Crippen molar-refractivity contribution in [3.8, 4) is 11.5 Å². The first-order valence-corrected chi connectivity index (χ1v) is 7.80. The van der Waals surface area contributed by atoms with Crippen LogP contribution in [-0.2, 0) is 9.59 Å². The molecule has 0 aromatic heterocycles. The third-order valence-electron chi connectivity index (χ3n) is 3.47. The van der Waals surface area contributed by atoms with Crippen molar-refractivity contribution in [3.05, 3.63) is 18.2 Å². The Bertz CT molecular complexity index is 531. The van der Waals surface area contributed by atoms with E-state index in [4.69, 9.17) is 9.47 Å². The number of carbonyl (C=O) groups excluding carboxylic acids is 2. The molecule has 128 valence electrons. The molecule has 0 saturated carbocycles. The van der Waals surface area contributed by atoms with E-state index in [2.05, 4.69) is 12.2 Å². The normalized spacial score (nSPS) is 10.1. The average molecular weight is 322 g/mol. The summed E-state index contributed by atoms with van der Waals surface area (Å²) in [6.07, 6.45) is 2.25. The largest absolute Gasteiger partial charge is 0.493 e.